The highest BCUT2D eigenvalue weighted by molar-refractivity contribution is 5.99. The fourth-order valence-electron chi connectivity index (χ4n) is 4.38. The molecule has 0 saturated carbocycles. The van der Waals surface area contributed by atoms with Crippen LogP contribution in [-0.2, 0) is 0 Å². The molecule has 3 aromatic heterocycles. The van der Waals surface area contributed by atoms with Crippen LogP contribution in [0.4, 0.5) is 0 Å². The maximum Gasteiger partial charge on any atom is 0.289 e. The maximum atomic E-state index is 13.1. The van der Waals surface area contributed by atoms with Crippen molar-refractivity contribution in [3.05, 3.63) is 59.6 Å². The monoisotopic (exact) mass is 389 g/mol. The summed E-state index contributed by atoms with van der Waals surface area (Å²) in [6.45, 7) is 3.37. The summed E-state index contributed by atoms with van der Waals surface area (Å²) in [6.07, 6.45) is 5.73. The first-order chi connectivity index (χ1) is 14.2. The van der Waals surface area contributed by atoms with E-state index in [1.165, 1.54) is 10.9 Å². The third kappa shape index (κ3) is 2.95. The van der Waals surface area contributed by atoms with E-state index in [4.69, 9.17) is 9.15 Å². The Hall–Kier alpha value is -3.28. The van der Waals surface area contributed by atoms with Gasteiger partial charge in [0.2, 0.25) is 0 Å². The molecule has 1 N–H and O–H groups in total. The van der Waals surface area contributed by atoms with Gasteiger partial charge in [-0.1, -0.05) is 0 Å². The Kier molecular flexibility index (Phi) is 4.27. The summed E-state index contributed by atoms with van der Waals surface area (Å²) >= 11 is 0. The molecule has 0 spiro atoms. The number of piperidine rings is 1. The van der Waals surface area contributed by atoms with Crippen LogP contribution in [0.1, 0.15) is 40.4 Å². The topological polar surface area (TPSA) is 71.4 Å². The molecule has 0 unspecified atom stereocenters. The van der Waals surface area contributed by atoms with E-state index in [0.29, 0.717) is 17.3 Å². The zero-order valence-corrected chi connectivity index (χ0v) is 16.6. The minimum Gasteiger partial charge on any atom is -0.497 e. The van der Waals surface area contributed by atoms with E-state index in [-0.39, 0.29) is 5.91 Å². The Balaban J connectivity index is 1.35. The van der Waals surface area contributed by atoms with E-state index < -0.39 is 0 Å². The fourth-order valence-corrected chi connectivity index (χ4v) is 4.38. The van der Waals surface area contributed by atoms with Crippen LogP contribution in [0.25, 0.3) is 22.0 Å². The first-order valence-electron chi connectivity index (χ1n) is 9.94. The molecule has 6 nitrogen and oxygen atoms in total. The molecule has 1 aliphatic rings. The first kappa shape index (κ1) is 17.8. The third-order valence-electron chi connectivity index (χ3n) is 6.04. The summed E-state index contributed by atoms with van der Waals surface area (Å²) in [7, 11) is 1.64. The average molecular weight is 389 g/mol. The number of H-pyrrole nitrogens is 1. The van der Waals surface area contributed by atoms with Gasteiger partial charge >= 0.3 is 0 Å². The molecule has 0 radical (unpaired) electrons. The number of hydrogen-bond donors (Lipinski definition) is 1. The highest BCUT2D eigenvalue weighted by Gasteiger charge is 2.29. The molecule has 0 atom stereocenters. The van der Waals surface area contributed by atoms with E-state index in [9.17, 15) is 4.79 Å². The number of ether oxygens (including phenoxy) is 1. The molecule has 1 aliphatic heterocycles. The maximum absolute atomic E-state index is 13.1. The molecular weight excluding hydrogens is 366 g/mol. The van der Waals surface area contributed by atoms with Crippen LogP contribution in [0.2, 0.25) is 0 Å². The third-order valence-corrected chi connectivity index (χ3v) is 6.04. The van der Waals surface area contributed by atoms with Crippen LogP contribution in [-0.4, -0.2) is 41.0 Å². The largest absolute Gasteiger partial charge is 0.497 e. The van der Waals surface area contributed by atoms with Crippen LogP contribution in [0, 0.1) is 6.92 Å². The van der Waals surface area contributed by atoms with Crippen molar-refractivity contribution in [2.24, 2.45) is 0 Å². The van der Waals surface area contributed by atoms with Crippen molar-refractivity contribution in [3.8, 4) is 5.75 Å². The second-order valence-electron chi connectivity index (χ2n) is 7.63. The molecule has 29 heavy (non-hydrogen) atoms. The molecule has 4 heterocycles. The Bertz CT molecular complexity index is 1200. The summed E-state index contributed by atoms with van der Waals surface area (Å²) in [4.78, 5) is 22.7. The molecule has 1 fully saturated rings. The van der Waals surface area contributed by atoms with Gasteiger partial charge in [-0.3, -0.25) is 4.79 Å². The lowest BCUT2D eigenvalue weighted by Gasteiger charge is -2.31. The van der Waals surface area contributed by atoms with Gasteiger partial charge in [0.15, 0.2) is 5.76 Å². The highest BCUT2D eigenvalue weighted by atomic mass is 16.5. The lowest BCUT2D eigenvalue weighted by molar-refractivity contribution is 0.0682. The number of methoxy groups -OCH3 is 1. The van der Waals surface area contributed by atoms with E-state index >= 15 is 0 Å². The van der Waals surface area contributed by atoms with E-state index in [2.05, 4.69) is 22.2 Å². The fraction of sp³-hybridized carbons (Fsp3) is 0.304. The normalized spacial score (nSPS) is 15.3. The molecule has 148 valence electrons. The number of carbonyl (C=O) groups is 1. The van der Waals surface area contributed by atoms with Gasteiger partial charge in [-0.15, -0.1) is 0 Å². The predicted octanol–water partition coefficient (Wildman–Crippen LogP) is 4.65. The van der Waals surface area contributed by atoms with Gasteiger partial charge in [0.25, 0.3) is 5.91 Å². The zero-order valence-electron chi connectivity index (χ0n) is 16.6. The van der Waals surface area contributed by atoms with Crippen molar-refractivity contribution >= 4 is 27.9 Å². The van der Waals surface area contributed by atoms with Crippen LogP contribution >= 0.6 is 0 Å². The number of nitrogens with zero attached hydrogens (tertiary/aromatic N) is 2. The van der Waals surface area contributed by atoms with Gasteiger partial charge in [0.1, 0.15) is 17.0 Å². The quantitative estimate of drug-likeness (QED) is 0.554. The van der Waals surface area contributed by atoms with Crippen LogP contribution in [0.3, 0.4) is 0 Å². The van der Waals surface area contributed by atoms with Crippen molar-refractivity contribution in [3.63, 3.8) is 0 Å². The molecule has 0 aliphatic carbocycles. The van der Waals surface area contributed by atoms with Crippen LogP contribution in [0.5, 0.6) is 5.75 Å². The number of carbonyl (C=O) groups excluding carboxylic acids is 1. The Morgan fingerprint density at radius 3 is 2.86 bits per heavy atom. The number of nitrogens with one attached hydrogen (secondary N) is 1. The van der Waals surface area contributed by atoms with Gasteiger partial charge in [-0.05, 0) is 61.6 Å². The Morgan fingerprint density at radius 1 is 1.24 bits per heavy atom. The number of benzene rings is 1. The number of fused-ring (bicyclic) bond motifs is 2. The molecule has 4 aromatic rings. The minimum absolute atomic E-state index is 0.0308. The Labute approximate surface area is 168 Å². The van der Waals surface area contributed by atoms with Gasteiger partial charge in [0.05, 0.1) is 7.11 Å². The second kappa shape index (κ2) is 6.95. The SMILES string of the molecule is COc1ccc2oc(C(=O)N3CCC(c4c[nH]c5ncccc45)CC3)c(C)c2c1. The minimum atomic E-state index is -0.0308. The van der Waals surface area contributed by atoms with Crippen LogP contribution in [0.15, 0.2) is 47.1 Å². The van der Waals surface area contributed by atoms with Gasteiger partial charge in [-0.25, -0.2) is 4.98 Å². The number of hydrogen-bond acceptors (Lipinski definition) is 4. The van der Waals surface area contributed by atoms with E-state index in [1.807, 2.05) is 36.1 Å². The smallest absolute Gasteiger partial charge is 0.289 e. The number of aryl methyl sites for hydroxylation is 1. The van der Waals surface area contributed by atoms with Gasteiger partial charge in [-0.2, -0.15) is 0 Å². The summed E-state index contributed by atoms with van der Waals surface area (Å²) in [5.41, 5.74) is 3.81. The van der Waals surface area contributed by atoms with Crippen molar-refractivity contribution < 1.29 is 13.9 Å². The summed E-state index contributed by atoms with van der Waals surface area (Å²) in [5.74, 6) is 1.59. The zero-order chi connectivity index (χ0) is 20.0. The van der Waals surface area contributed by atoms with Gasteiger partial charge in [0, 0.05) is 41.8 Å². The van der Waals surface area contributed by atoms with Gasteiger partial charge < -0.3 is 19.0 Å². The number of furan rings is 1. The van der Waals surface area contributed by atoms with Crippen molar-refractivity contribution in [1.82, 2.24) is 14.9 Å². The lowest BCUT2D eigenvalue weighted by atomic mass is 9.89. The number of pyridine rings is 1. The number of rotatable bonds is 3. The summed E-state index contributed by atoms with van der Waals surface area (Å²) in [5, 5.41) is 2.10. The van der Waals surface area contributed by atoms with Crippen molar-refractivity contribution in [1.29, 1.82) is 0 Å². The molecule has 0 bridgehead atoms. The average Bonchev–Trinajstić information content (AvgIpc) is 3.34. The lowest BCUT2D eigenvalue weighted by Crippen LogP contribution is -2.38. The first-order valence-corrected chi connectivity index (χ1v) is 9.94. The summed E-state index contributed by atoms with van der Waals surface area (Å²) in [6, 6.07) is 9.70. The number of aromatic amines is 1. The van der Waals surface area contributed by atoms with Crippen molar-refractivity contribution in [2.45, 2.75) is 25.7 Å². The predicted molar refractivity (Wildman–Crippen MR) is 111 cm³/mol. The molecule has 1 amide bonds. The van der Waals surface area contributed by atoms with Crippen molar-refractivity contribution in [2.75, 3.05) is 20.2 Å². The van der Waals surface area contributed by atoms with E-state index in [1.54, 1.807) is 13.3 Å². The molecule has 6 heteroatoms. The van der Waals surface area contributed by atoms with Crippen LogP contribution < -0.4 is 4.74 Å². The number of likely N-dealkylation sites (tertiary alicyclic amines) is 1. The molecule has 5 rings (SSSR count). The summed E-state index contributed by atoms with van der Waals surface area (Å²) < 4.78 is 11.2. The number of aromatic nitrogens is 2. The molecular formula is C23H23N3O3. The molecule has 1 saturated heterocycles. The Morgan fingerprint density at radius 2 is 2.07 bits per heavy atom. The van der Waals surface area contributed by atoms with E-state index in [0.717, 1.165) is 48.3 Å². The second-order valence-corrected chi connectivity index (χ2v) is 7.63. The standard InChI is InChI=1S/C23H23N3O3/c1-14-18-12-16(28-2)5-6-20(18)29-21(14)23(27)26-10-7-15(8-11-26)19-13-25-22-17(19)4-3-9-24-22/h3-6,9,12-13,15H,7-8,10-11H2,1-2H3,(H,24,25). The number of amides is 1. The highest BCUT2D eigenvalue weighted by Crippen LogP contribution is 2.34. The molecule has 1 aromatic carbocycles.